The molecule has 13 heteroatoms. The maximum absolute atomic E-state index is 12.6. The van der Waals surface area contributed by atoms with Crippen molar-refractivity contribution in [2.45, 2.75) is 193 Å². The van der Waals surface area contributed by atoms with Crippen LogP contribution >= 0.6 is 7.82 Å². The molecule has 3 N–H and O–H groups in total. The second-order valence-electron chi connectivity index (χ2n) is 13.8. The second kappa shape index (κ2) is 39.2. The van der Waals surface area contributed by atoms with Gasteiger partial charge in [0.2, 0.25) is 0 Å². The average Bonchev–Trinajstić information content (AvgIpc) is 3.12. The first-order valence-electron chi connectivity index (χ1n) is 20.3. The van der Waals surface area contributed by atoms with Crippen LogP contribution in [0.5, 0.6) is 0 Å². The number of esters is 2. The molecule has 0 amide bonds. The number of unbranched alkanes of at least 4 members (excludes halogenated alkanes) is 20. The van der Waals surface area contributed by atoms with Gasteiger partial charge in [-0.2, -0.15) is 0 Å². The van der Waals surface area contributed by atoms with E-state index in [4.69, 9.17) is 19.7 Å². The summed E-state index contributed by atoms with van der Waals surface area (Å²) in [5.74, 6) is -2.66. The van der Waals surface area contributed by atoms with Crippen LogP contribution in [-0.4, -0.2) is 54.8 Å². The van der Waals surface area contributed by atoms with Crippen LogP contribution in [0.1, 0.15) is 181 Å². The maximum Gasteiger partial charge on any atom is 1.00 e. The Morgan fingerprint density at radius 1 is 0.623 bits per heavy atom. The molecule has 0 radical (unpaired) electrons. The summed E-state index contributed by atoms with van der Waals surface area (Å²) < 4.78 is 32.5. The fourth-order valence-electron chi connectivity index (χ4n) is 5.44. The molecule has 0 rings (SSSR count). The fourth-order valence-corrected chi connectivity index (χ4v) is 6.22. The molecule has 0 saturated heterocycles. The molecule has 0 aromatic heterocycles. The first kappa shape index (κ1) is 54.1. The molecular weight excluding hydrogens is 708 g/mol. The van der Waals surface area contributed by atoms with Crippen LogP contribution in [0, 0.1) is 0 Å². The molecule has 0 aromatic rings. The number of carboxylic acid groups (broad SMARTS) is 1. The van der Waals surface area contributed by atoms with Crippen LogP contribution in [0.3, 0.4) is 0 Å². The minimum atomic E-state index is -4.74. The van der Waals surface area contributed by atoms with Gasteiger partial charge in [0.15, 0.2) is 6.10 Å². The van der Waals surface area contributed by atoms with Gasteiger partial charge in [0, 0.05) is 12.8 Å². The van der Waals surface area contributed by atoms with Crippen LogP contribution in [-0.2, 0) is 37.5 Å². The number of rotatable bonds is 38. The van der Waals surface area contributed by atoms with E-state index >= 15 is 0 Å². The number of carboxylic acids is 1. The summed E-state index contributed by atoms with van der Waals surface area (Å²) in [6.07, 6.45) is 35.1. The number of carbonyl (C=O) groups excluding carboxylic acids is 3. The quantitative estimate of drug-likeness (QED) is 0.0249. The van der Waals surface area contributed by atoms with Crippen molar-refractivity contribution in [3.05, 3.63) is 24.3 Å². The number of phosphoric acid groups is 1. The van der Waals surface area contributed by atoms with E-state index in [-0.39, 0.29) is 49.0 Å². The van der Waals surface area contributed by atoms with Crippen molar-refractivity contribution in [3.63, 3.8) is 0 Å². The topological polar surface area (TPSA) is 175 Å². The molecule has 0 fully saturated rings. The predicted octanol–water partition coefficient (Wildman–Crippen LogP) is 5.95. The van der Waals surface area contributed by atoms with Crippen molar-refractivity contribution >= 4 is 25.7 Å². The van der Waals surface area contributed by atoms with Crippen LogP contribution in [0.2, 0.25) is 0 Å². The van der Waals surface area contributed by atoms with Crippen molar-refractivity contribution in [1.29, 1.82) is 0 Å². The van der Waals surface area contributed by atoms with Gasteiger partial charge in [0.25, 0.3) is 0 Å². The second-order valence-corrected chi connectivity index (χ2v) is 15.2. The molecule has 3 unspecified atom stereocenters. The Morgan fingerprint density at radius 2 is 1.04 bits per heavy atom. The van der Waals surface area contributed by atoms with Crippen LogP contribution in [0.25, 0.3) is 0 Å². The van der Waals surface area contributed by atoms with E-state index in [2.05, 4.69) is 42.7 Å². The predicted molar refractivity (Wildman–Crippen MR) is 205 cm³/mol. The zero-order chi connectivity index (χ0) is 38.5. The Morgan fingerprint density at radius 3 is 1.55 bits per heavy atom. The monoisotopic (exact) mass is 781 g/mol. The number of nitrogens with two attached hydrogens (primary N) is 1. The summed E-state index contributed by atoms with van der Waals surface area (Å²) in [6.45, 7) is 2.66. The minimum absolute atomic E-state index is 0. The number of aliphatic carboxylic acids is 1. The summed E-state index contributed by atoms with van der Waals surface area (Å²) in [4.78, 5) is 45.7. The molecule has 0 aliphatic heterocycles. The number of allylic oxidation sites excluding steroid dienone is 4. The van der Waals surface area contributed by atoms with Gasteiger partial charge in [-0.1, -0.05) is 147 Å². The Labute approximate surface area is 343 Å². The third-order valence-electron chi connectivity index (χ3n) is 8.69. The Balaban J connectivity index is 0. The third kappa shape index (κ3) is 39.0. The van der Waals surface area contributed by atoms with Gasteiger partial charge in [0.05, 0.1) is 25.2 Å². The van der Waals surface area contributed by atoms with E-state index in [0.29, 0.717) is 12.8 Å². The normalized spacial score (nSPS) is 13.8. The molecule has 304 valence electrons. The van der Waals surface area contributed by atoms with Crippen molar-refractivity contribution in [1.82, 2.24) is 0 Å². The van der Waals surface area contributed by atoms with Gasteiger partial charge in [-0.15, -0.1) is 0 Å². The van der Waals surface area contributed by atoms with Gasteiger partial charge in [-0.05, 0) is 44.9 Å². The molecule has 0 saturated carbocycles. The van der Waals surface area contributed by atoms with Gasteiger partial charge >= 0.3 is 49.3 Å². The molecule has 0 bridgehead atoms. The van der Waals surface area contributed by atoms with E-state index in [9.17, 15) is 28.9 Å². The molecule has 0 aliphatic rings. The Hall–Kier alpha value is -1.04. The molecule has 53 heavy (non-hydrogen) atoms. The van der Waals surface area contributed by atoms with E-state index in [0.717, 1.165) is 64.2 Å². The smallest absolute Gasteiger partial charge is 0.548 e. The van der Waals surface area contributed by atoms with Gasteiger partial charge < -0.3 is 30.0 Å². The number of hydrogen-bond acceptors (Lipinski definition) is 10. The Bertz CT molecular complexity index is 997. The van der Waals surface area contributed by atoms with Gasteiger partial charge in [-0.3, -0.25) is 18.6 Å². The zero-order valence-electron chi connectivity index (χ0n) is 33.6. The summed E-state index contributed by atoms with van der Waals surface area (Å²) >= 11 is 0. The Kier molecular flexibility index (Phi) is 40.0. The number of hydrogen-bond donors (Lipinski definition) is 2. The summed E-state index contributed by atoms with van der Waals surface area (Å²) in [5, 5.41) is 10.8. The average molecular weight is 782 g/mol. The number of phosphoric ester groups is 1. The third-order valence-corrected chi connectivity index (χ3v) is 9.64. The van der Waals surface area contributed by atoms with Crippen LogP contribution < -0.4 is 40.4 Å². The van der Waals surface area contributed by atoms with E-state index in [1.807, 2.05) is 0 Å². The summed E-state index contributed by atoms with van der Waals surface area (Å²) in [5.41, 5.74) is 5.26. The molecule has 11 nitrogen and oxygen atoms in total. The van der Waals surface area contributed by atoms with E-state index < -0.39 is 51.1 Å². The number of carbonyl (C=O) groups is 3. The molecule has 0 aliphatic carbocycles. The maximum atomic E-state index is 12.6. The van der Waals surface area contributed by atoms with Crippen molar-refractivity contribution in [2.24, 2.45) is 5.73 Å². The first-order valence-corrected chi connectivity index (χ1v) is 21.8. The first-order chi connectivity index (χ1) is 25.1. The minimum Gasteiger partial charge on any atom is -0.548 e. The largest absolute Gasteiger partial charge is 1.00 e. The number of ether oxygens (including phenoxy) is 2. The summed E-state index contributed by atoms with van der Waals surface area (Å²) in [7, 11) is -4.74. The SMILES string of the molecule is CCCCCC=CCC=CCCCCCCCC(=O)OC(COC(=O)CCCCCCCCCCCCCCC)COP(=O)(O)OCC(N)C(=O)[O-].[Na+]. The van der Waals surface area contributed by atoms with Gasteiger partial charge in [-0.25, -0.2) is 4.57 Å². The summed E-state index contributed by atoms with van der Waals surface area (Å²) in [6, 6.07) is -1.63. The van der Waals surface area contributed by atoms with E-state index in [1.165, 1.54) is 77.0 Å². The van der Waals surface area contributed by atoms with Gasteiger partial charge in [0.1, 0.15) is 6.61 Å². The molecule has 0 heterocycles. The van der Waals surface area contributed by atoms with Crippen molar-refractivity contribution in [2.75, 3.05) is 19.8 Å². The van der Waals surface area contributed by atoms with Crippen molar-refractivity contribution in [3.8, 4) is 0 Å². The van der Waals surface area contributed by atoms with E-state index in [1.54, 1.807) is 0 Å². The molecule has 0 aromatic carbocycles. The molecular formula is C40H73NNaO10P. The zero-order valence-corrected chi connectivity index (χ0v) is 36.5. The van der Waals surface area contributed by atoms with Crippen molar-refractivity contribution < 1.29 is 77.0 Å². The van der Waals surface area contributed by atoms with Crippen LogP contribution in [0.15, 0.2) is 24.3 Å². The molecule has 3 atom stereocenters. The fraction of sp³-hybridized carbons (Fsp3) is 0.825. The standard InChI is InChI=1S/C40H74NO10P.Na/c1-3-5-7-9-11-13-15-17-18-20-22-24-26-28-30-32-39(43)51-36(34-49-52(46,47)50-35-37(41)40(44)45)33-48-38(42)31-29-27-25-23-21-19-16-14-12-10-8-6-4-2;/h11,13,17-18,36-37H,3-10,12,14-16,19-35,41H2,1-2H3,(H,44,45)(H,46,47);/q;+1/p-1. The molecule has 0 spiro atoms. The van der Waals surface area contributed by atoms with Crippen LogP contribution in [0.4, 0.5) is 0 Å².